The quantitative estimate of drug-likeness (QED) is 0.504. The Balaban J connectivity index is 1.77. The van der Waals surface area contributed by atoms with Gasteiger partial charge >= 0.3 is 0 Å². The summed E-state index contributed by atoms with van der Waals surface area (Å²) in [5, 5.41) is 0. The molecule has 0 spiro atoms. The van der Waals surface area contributed by atoms with E-state index in [4.69, 9.17) is 9.47 Å². The Morgan fingerprint density at radius 3 is 2.72 bits per heavy atom. The third-order valence-corrected chi connectivity index (χ3v) is 5.26. The maximum atomic E-state index is 6.14. The van der Waals surface area contributed by atoms with Gasteiger partial charge in [0.05, 0.1) is 25.0 Å². The summed E-state index contributed by atoms with van der Waals surface area (Å²) in [6.45, 7) is 2.02. The molecule has 29 heavy (non-hydrogen) atoms. The molecule has 2 aromatic heterocycles. The number of methoxy groups -OCH3 is 1. The van der Waals surface area contributed by atoms with Crippen LogP contribution < -0.4 is 9.47 Å². The van der Waals surface area contributed by atoms with Gasteiger partial charge in [-0.05, 0) is 30.7 Å². The van der Waals surface area contributed by atoms with Gasteiger partial charge in [0.15, 0.2) is 17.1 Å². The van der Waals surface area contributed by atoms with Gasteiger partial charge in [-0.25, -0.2) is 9.97 Å². The first kappa shape index (κ1) is 17.5. The molecule has 0 radical (unpaired) electrons. The predicted octanol–water partition coefficient (Wildman–Crippen LogP) is 4.87. The highest BCUT2D eigenvalue weighted by Crippen LogP contribution is 2.44. The Morgan fingerprint density at radius 1 is 1.03 bits per heavy atom. The van der Waals surface area contributed by atoms with E-state index >= 15 is 0 Å². The highest BCUT2D eigenvalue weighted by molar-refractivity contribution is 5.72. The molecule has 5 heteroatoms. The van der Waals surface area contributed by atoms with Crippen LogP contribution in [0.2, 0.25) is 0 Å². The summed E-state index contributed by atoms with van der Waals surface area (Å²) in [7, 11) is 1.70. The molecule has 0 saturated carbocycles. The van der Waals surface area contributed by atoms with Crippen LogP contribution in [0.1, 0.15) is 29.7 Å². The molecule has 2 aromatic carbocycles. The molecule has 2 atom stereocenters. The highest BCUT2D eigenvalue weighted by Gasteiger charge is 2.27. The minimum Gasteiger partial charge on any atom is -0.492 e. The van der Waals surface area contributed by atoms with E-state index in [1.165, 1.54) is 0 Å². The van der Waals surface area contributed by atoms with Gasteiger partial charge in [0.25, 0.3) is 0 Å². The SMILES string of the molecule is COc1c(C(c2ccccc2)n2cnc3ncccc32)ccc2c1O[C@H](C)C=C2. The zero-order valence-corrected chi connectivity index (χ0v) is 16.3. The molecule has 3 heterocycles. The topological polar surface area (TPSA) is 49.2 Å². The average Bonchev–Trinajstić information content (AvgIpc) is 3.18. The molecule has 5 rings (SSSR count). The number of hydrogen-bond donors (Lipinski definition) is 0. The van der Waals surface area contributed by atoms with E-state index in [1.807, 2.05) is 49.7 Å². The third kappa shape index (κ3) is 2.95. The van der Waals surface area contributed by atoms with Crippen molar-refractivity contribution in [1.82, 2.24) is 14.5 Å². The lowest BCUT2D eigenvalue weighted by molar-refractivity contribution is 0.249. The number of nitrogens with zero attached hydrogens (tertiary/aromatic N) is 3. The Kier molecular flexibility index (Phi) is 4.28. The zero-order valence-electron chi connectivity index (χ0n) is 16.3. The molecule has 1 aliphatic rings. The van der Waals surface area contributed by atoms with Crippen molar-refractivity contribution >= 4 is 17.2 Å². The highest BCUT2D eigenvalue weighted by atomic mass is 16.5. The van der Waals surface area contributed by atoms with E-state index < -0.39 is 0 Å². The van der Waals surface area contributed by atoms with Crippen LogP contribution in [0.15, 0.2) is 73.2 Å². The lowest BCUT2D eigenvalue weighted by Gasteiger charge is -2.27. The largest absolute Gasteiger partial charge is 0.492 e. The fraction of sp³-hybridized carbons (Fsp3) is 0.167. The summed E-state index contributed by atoms with van der Waals surface area (Å²) in [5.41, 5.74) is 4.86. The van der Waals surface area contributed by atoms with Gasteiger partial charge in [0.1, 0.15) is 6.10 Å². The van der Waals surface area contributed by atoms with E-state index in [2.05, 4.69) is 44.9 Å². The van der Waals surface area contributed by atoms with Crippen molar-refractivity contribution in [3.05, 3.63) is 89.9 Å². The lowest BCUT2D eigenvalue weighted by Crippen LogP contribution is -2.17. The summed E-state index contributed by atoms with van der Waals surface area (Å²) >= 11 is 0. The molecule has 5 nitrogen and oxygen atoms in total. The number of imidazole rings is 1. The summed E-state index contributed by atoms with van der Waals surface area (Å²) in [5.74, 6) is 1.53. The van der Waals surface area contributed by atoms with E-state index in [9.17, 15) is 0 Å². The summed E-state index contributed by atoms with van der Waals surface area (Å²) in [4.78, 5) is 8.91. The summed E-state index contributed by atoms with van der Waals surface area (Å²) < 4.78 is 14.2. The molecule has 4 aromatic rings. The van der Waals surface area contributed by atoms with Gasteiger partial charge in [-0.15, -0.1) is 0 Å². The second-order valence-corrected chi connectivity index (χ2v) is 7.10. The van der Waals surface area contributed by atoms with Crippen molar-refractivity contribution < 1.29 is 9.47 Å². The molecule has 0 aliphatic carbocycles. The van der Waals surface area contributed by atoms with Gasteiger partial charge < -0.3 is 14.0 Å². The van der Waals surface area contributed by atoms with Crippen LogP contribution >= 0.6 is 0 Å². The Morgan fingerprint density at radius 2 is 1.90 bits per heavy atom. The van der Waals surface area contributed by atoms with Crippen LogP contribution in [0.4, 0.5) is 0 Å². The zero-order chi connectivity index (χ0) is 19.8. The van der Waals surface area contributed by atoms with Crippen LogP contribution in [0.25, 0.3) is 17.2 Å². The fourth-order valence-electron chi connectivity index (χ4n) is 3.94. The van der Waals surface area contributed by atoms with E-state index in [0.29, 0.717) is 0 Å². The van der Waals surface area contributed by atoms with Crippen molar-refractivity contribution in [2.45, 2.75) is 19.1 Å². The van der Waals surface area contributed by atoms with Crippen LogP contribution in [0.5, 0.6) is 11.5 Å². The second-order valence-electron chi connectivity index (χ2n) is 7.10. The van der Waals surface area contributed by atoms with Gasteiger partial charge in [-0.2, -0.15) is 0 Å². The number of hydrogen-bond acceptors (Lipinski definition) is 4. The minimum absolute atomic E-state index is 0.0000930. The standard InChI is InChI=1S/C24H21N3O2/c1-16-10-11-18-12-13-19(23(28-2)22(18)29-16)21(17-7-4-3-5-8-17)27-15-26-24-20(27)9-6-14-25-24/h3-16,21H,1-2H3/t16-,21?/m1/s1. The number of rotatable bonds is 4. The van der Waals surface area contributed by atoms with Crippen LogP contribution in [-0.2, 0) is 0 Å². The first-order valence-electron chi connectivity index (χ1n) is 9.64. The Hall–Kier alpha value is -3.60. The molecular formula is C24H21N3O2. The normalized spacial score (nSPS) is 16.3. The first-order valence-corrected chi connectivity index (χ1v) is 9.64. The monoisotopic (exact) mass is 383 g/mol. The maximum absolute atomic E-state index is 6.14. The maximum Gasteiger partial charge on any atom is 0.177 e. The third-order valence-electron chi connectivity index (χ3n) is 5.26. The van der Waals surface area contributed by atoms with E-state index in [0.717, 1.165) is 39.4 Å². The van der Waals surface area contributed by atoms with Crippen LogP contribution in [0, 0.1) is 0 Å². The fourth-order valence-corrected chi connectivity index (χ4v) is 3.94. The van der Waals surface area contributed by atoms with Gasteiger partial charge in [0.2, 0.25) is 0 Å². The molecule has 0 amide bonds. The minimum atomic E-state index is -0.129. The summed E-state index contributed by atoms with van der Waals surface area (Å²) in [6, 6.07) is 18.4. The Bertz CT molecular complexity index is 1200. The molecule has 1 aliphatic heterocycles. The van der Waals surface area contributed by atoms with Crippen LogP contribution in [-0.4, -0.2) is 27.7 Å². The van der Waals surface area contributed by atoms with E-state index in [1.54, 1.807) is 13.3 Å². The van der Waals surface area contributed by atoms with Gasteiger partial charge in [-0.1, -0.05) is 48.5 Å². The Labute approximate surface area is 169 Å². The predicted molar refractivity (Wildman–Crippen MR) is 113 cm³/mol. The number of pyridine rings is 1. The average molecular weight is 383 g/mol. The number of aromatic nitrogens is 3. The number of benzene rings is 2. The molecular weight excluding hydrogens is 362 g/mol. The molecule has 1 unspecified atom stereocenters. The van der Waals surface area contributed by atoms with E-state index in [-0.39, 0.29) is 12.1 Å². The number of fused-ring (bicyclic) bond motifs is 2. The van der Waals surface area contributed by atoms with Crippen LogP contribution in [0.3, 0.4) is 0 Å². The summed E-state index contributed by atoms with van der Waals surface area (Å²) in [6.07, 6.45) is 7.74. The van der Waals surface area contributed by atoms with Crippen molar-refractivity contribution in [1.29, 1.82) is 0 Å². The van der Waals surface area contributed by atoms with Crippen molar-refractivity contribution in [3.63, 3.8) is 0 Å². The smallest absolute Gasteiger partial charge is 0.177 e. The molecule has 0 fully saturated rings. The van der Waals surface area contributed by atoms with Gasteiger partial charge in [0, 0.05) is 17.3 Å². The van der Waals surface area contributed by atoms with Crippen molar-refractivity contribution in [2.24, 2.45) is 0 Å². The molecule has 0 saturated heterocycles. The number of ether oxygens (including phenoxy) is 2. The molecule has 0 bridgehead atoms. The van der Waals surface area contributed by atoms with Crippen molar-refractivity contribution in [2.75, 3.05) is 7.11 Å². The second kappa shape index (κ2) is 7.09. The molecule has 144 valence electrons. The van der Waals surface area contributed by atoms with Gasteiger partial charge in [-0.3, -0.25) is 0 Å². The van der Waals surface area contributed by atoms with Crippen molar-refractivity contribution in [3.8, 4) is 11.5 Å². The molecule has 0 N–H and O–H groups in total. The lowest BCUT2D eigenvalue weighted by atomic mass is 9.94. The first-order chi connectivity index (χ1) is 14.3.